The molecular weight excluding hydrogens is 216 g/mol. The van der Waals surface area contributed by atoms with Gasteiger partial charge in [-0.1, -0.05) is 13.3 Å². The first-order chi connectivity index (χ1) is 8.00. The zero-order chi connectivity index (χ0) is 12.9. The van der Waals surface area contributed by atoms with Crippen LogP contribution in [0.2, 0.25) is 0 Å². The number of carbonyl (C=O) groups excluding carboxylic acids is 1. The van der Waals surface area contributed by atoms with Gasteiger partial charge in [0.2, 0.25) is 5.91 Å². The highest BCUT2D eigenvalue weighted by Gasteiger charge is 2.32. The van der Waals surface area contributed by atoms with Gasteiger partial charge in [0.15, 0.2) is 0 Å². The van der Waals surface area contributed by atoms with Gasteiger partial charge in [-0.15, -0.1) is 0 Å². The molecule has 0 aromatic carbocycles. The van der Waals surface area contributed by atoms with Crippen molar-refractivity contribution >= 4 is 5.91 Å². The molecule has 1 fully saturated rings. The van der Waals surface area contributed by atoms with Gasteiger partial charge < -0.3 is 15.7 Å². The lowest BCUT2D eigenvalue weighted by molar-refractivity contribution is -0.122. The molecule has 17 heavy (non-hydrogen) atoms. The SMILES string of the molecule is CCC1CCC(O)(CNC(C)C(=O)NC)CC1. The second kappa shape index (κ2) is 6.36. The molecule has 100 valence electrons. The molecule has 0 heterocycles. The zero-order valence-electron chi connectivity index (χ0n) is 11.3. The Kier molecular flexibility index (Phi) is 5.40. The van der Waals surface area contributed by atoms with Crippen LogP contribution >= 0.6 is 0 Å². The lowest BCUT2D eigenvalue weighted by atomic mass is 9.78. The molecule has 0 bridgehead atoms. The van der Waals surface area contributed by atoms with E-state index in [9.17, 15) is 9.90 Å². The van der Waals surface area contributed by atoms with Crippen molar-refractivity contribution in [2.45, 2.75) is 57.6 Å². The maximum Gasteiger partial charge on any atom is 0.236 e. The summed E-state index contributed by atoms with van der Waals surface area (Å²) in [4.78, 5) is 11.3. The minimum atomic E-state index is -0.617. The summed E-state index contributed by atoms with van der Waals surface area (Å²) >= 11 is 0. The Labute approximate surface area is 104 Å². The molecule has 0 aliphatic heterocycles. The molecule has 0 radical (unpaired) electrons. The molecule has 1 saturated carbocycles. The minimum absolute atomic E-state index is 0.0316. The van der Waals surface area contributed by atoms with E-state index in [-0.39, 0.29) is 11.9 Å². The van der Waals surface area contributed by atoms with Crippen molar-refractivity contribution in [3.63, 3.8) is 0 Å². The fourth-order valence-electron chi connectivity index (χ4n) is 2.45. The van der Waals surface area contributed by atoms with E-state index in [0.29, 0.717) is 6.54 Å². The first-order valence-corrected chi connectivity index (χ1v) is 6.68. The summed E-state index contributed by atoms with van der Waals surface area (Å²) in [6.07, 6.45) is 5.10. The number of amides is 1. The number of carbonyl (C=O) groups is 1. The molecule has 0 saturated heterocycles. The Morgan fingerprint density at radius 2 is 2.06 bits per heavy atom. The van der Waals surface area contributed by atoms with E-state index in [1.165, 1.54) is 6.42 Å². The number of aliphatic hydroxyl groups is 1. The van der Waals surface area contributed by atoms with Crippen LogP contribution in [-0.4, -0.2) is 36.2 Å². The van der Waals surface area contributed by atoms with Crippen LogP contribution in [0.4, 0.5) is 0 Å². The van der Waals surface area contributed by atoms with Crippen LogP contribution < -0.4 is 10.6 Å². The van der Waals surface area contributed by atoms with Gasteiger partial charge in [0, 0.05) is 13.6 Å². The van der Waals surface area contributed by atoms with Crippen molar-refractivity contribution in [1.29, 1.82) is 0 Å². The monoisotopic (exact) mass is 242 g/mol. The number of hydrogen-bond donors (Lipinski definition) is 3. The normalized spacial score (nSPS) is 30.9. The van der Waals surface area contributed by atoms with Crippen LogP contribution in [0.1, 0.15) is 46.0 Å². The Hall–Kier alpha value is -0.610. The standard InChI is InChI=1S/C13H26N2O2/c1-4-11-5-7-13(17,8-6-11)9-15-10(2)12(16)14-3/h10-11,15,17H,4-9H2,1-3H3,(H,14,16). The average Bonchev–Trinajstić information content (AvgIpc) is 2.36. The number of likely N-dealkylation sites (N-methyl/N-ethyl adjacent to an activating group) is 1. The zero-order valence-corrected chi connectivity index (χ0v) is 11.3. The second-order valence-corrected chi connectivity index (χ2v) is 5.29. The lowest BCUT2D eigenvalue weighted by Crippen LogP contribution is -2.49. The molecule has 1 aliphatic rings. The van der Waals surface area contributed by atoms with E-state index in [4.69, 9.17) is 0 Å². The van der Waals surface area contributed by atoms with Crippen LogP contribution in [0.3, 0.4) is 0 Å². The maximum absolute atomic E-state index is 11.3. The van der Waals surface area contributed by atoms with Crippen molar-refractivity contribution in [3.8, 4) is 0 Å². The van der Waals surface area contributed by atoms with Gasteiger partial charge in [0.25, 0.3) is 0 Å². The van der Waals surface area contributed by atoms with E-state index < -0.39 is 5.60 Å². The molecule has 0 aromatic heterocycles. The van der Waals surface area contributed by atoms with Crippen molar-refractivity contribution in [1.82, 2.24) is 10.6 Å². The van der Waals surface area contributed by atoms with Gasteiger partial charge in [-0.05, 0) is 38.5 Å². The Morgan fingerprint density at radius 3 is 2.53 bits per heavy atom. The largest absolute Gasteiger partial charge is 0.389 e. The molecule has 4 heteroatoms. The molecule has 1 atom stereocenters. The van der Waals surface area contributed by atoms with E-state index in [1.807, 2.05) is 6.92 Å². The van der Waals surface area contributed by atoms with Crippen LogP contribution in [0.5, 0.6) is 0 Å². The number of nitrogens with one attached hydrogen (secondary N) is 2. The van der Waals surface area contributed by atoms with Crippen molar-refractivity contribution < 1.29 is 9.90 Å². The highest BCUT2D eigenvalue weighted by molar-refractivity contribution is 5.80. The highest BCUT2D eigenvalue weighted by Crippen LogP contribution is 2.33. The maximum atomic E-state index is 11.3. The third kappa shape index (κ3) is 4.28. The predicted octanol–water partition coefficient (Wildman–Crippen LogP) is 1.04. The molecule has 1 unspecified atom stereocenters. The average molecular weight is 242 g/mol. The van der Waals surface area contributed by atoms with Crippen LogP contribution in [-0.2, 0) is 4.79 Å². The summed E-state index contributed by atoms with van der Waals surface area (Å²) in [6, 6.07) is -0.243. The van der Waals surface area contributed by atoms with Crippen molar-refractivity contribution in [2.75, 3.05) is 13.6 Å². The quantitative estimate of drug-likeness (QED) is 0.675. The summed E-state index contributed by atoms with van der Waals surface area (Å²) < 4.78 is 0. The number of hydrogen-bond acceptors (Lipinski definition) is 3. The van der Waals surface area contributed by atoms with Gasteiger partial charge in [0.1, 0.15) is 0 Å². The molecule has 1 amide bonds. The molecular formula is C13H26N2O2. The fraction of sp³-hybridized carbons (Fsp3) is 0.923. The first kappa shape index (κ1) is 14.5. The molecule has 1 aliphatic carbocycles. The van der Waals surface area contributed by atoms with Crippen molar-refractivity contribution in [2.24, 2.45) is 5.92 Å². The van der Waals surface area contributed by atoms with Gasteiger partial charge >= 0.3 is 0 Å². The van der Waals surface area contributed by atoms with Crippen LogP contribution in [0, 0.1) is 5.92 Å². The molecule has 1 rings (SSSR count). The molecule has 0 aromatic rings. The summed E-state index contributed by atoms with van der Waals surface area (Å²) in [5.41, 5.74) is -0.617. The van der Waals surface area contributed by atoms with Gasteiger partial charge in [-0.2, -0.15) is 0 Å². The molecule has 3 N–H and O–H groups in total. The summed E-state index contributed by atoms with van der Waals surface area (Å²) in [5.74, 6) is 0.738. The third-order valence-electron chi connectivity index (χ3n) is 3.99. The molecule has 4 nitrogen and oxygen atoms in total. The van der Waals surface area contributed by atoms with Crippen molar-refractivity contribution in [3.05, 3.63) is 0 Å². The topological polar surface area (TPSA) is 61.4 Å². The van der Waals surface area contributed by atoms with E-state index >= 15 is 0 Å². The second-order valence-electron chi connectivity index (χ2n) is 5.29. The Morgan fingerprint density at radius 1 is 1.47 bits per heavy atom. The smallest absolute Gasteiger partial charge is 0.236 e. The summed E-state index contributed by atoms with van der Waals surface area (Å²) in [7, 11) is 1.63. The highest BCUT2D eigenvalue weighted by atomic mass is 16.3. The van der Waals surface area contributed by atoms with Crippen LogP contribution in [0.15, 0.2) is 0 Å². The third-order valence-corrected chi connectivity index (χ3v) is 3.99. The van der Waals surface area contributed by atoms with Gasteiger partial charge in [-0.25, -0.2) is 0 Å². The first-order valence-electron chi connectivity index (χ1n) is 6.68. The minimum Gasteiger partial charge on any atom is -0.389 e. The summed E-state index contributed by atoms with van der Waals surface area (Å²) in [5, 5.41) is 16.1. The van der Waals surface area contributed by atoms with Gasteiger partial charge in [-0.3, -0.25) is 4.79 Å². The number of rotatable bonds is 5. The summed E-state index contributed by atoms with van der Waals surface area (Å²) in [6.45, 7) is 4.54. The van der Waals surface area contributed by atoms with Gasteiger partial charge in [0.05, 0.1) is 11.6 Å². The van der Waals surface area contributed by atoms with E-state index in [0.717, 1.165) is 31.6 Å². The molecule has 0 spiro atoms. The Balaban J connectivity index is 2.33. The van der Waals surface area contributed by atoms with Crippen LogP contribution in [0.25, 0.3) is 0 Å². The van der Waals surface area contributed by atoms with E-state index in [1.54, 1.807) is 7.05 Å². The predicted molar refractivity (Wildman–Crippen MR) is 68.7 cm³/mol. The lowest BCUT2D eigenvalue weighted by Gasteiger charge is -2.36. The fourth-order valence-corrected chi connectivity index (χ4v) is 2.45. The van der Waals surface area contributed by atoms with E-state index in [2.05, 4.69) is 17.6 Å². The Bertz CT molecular complexity index is 248.